The van der Waals surface area contributed by atoms with Gasteiger partial charge in [-0.15, -0.1) is 11.3 Å². The van der Waals surface area contributed by atoms with Gasteiger partial charge < -0.3 is 5.32 Å². The molecule has 2 heterocycles. The molecule has 0 radical (unpaired) electrons. The molecule has 0 spiro atoms. The van der Waals surface area contributed by atoms with Crippen molar-refractivity contribution in [3.05, 3.63) is 50.6 Å². The summed E-state index contributed by atoms with van der Waals surface area (Å²) in [6.45, 7) is 1.17. The van der Waals surface area contributed by atoms with Crippen molar-refractivity contribution in [1.29, 1.82) is 0 Å². The molecule has 1 saturated heterocycles. The van der Waals surface area contributed by atoms with E-state index >= 15 is 0 Å². The lowest BCUT2D eigenvalue weighted by molar-refractivity contribution is -0.126. The van der Waals surface area contributed by atoms with Crippen molar-refractivity contribution in [2.75, 3.05) is 19.6 Å². The summed E-state index contributed by atoms with van der Waals surface area (Å²) in [6.07, 6.45) is 1.79. The van der Waals surface area contributed by atoms with Gasteiger partial charge in [0.2, 0.25) is 15.9 Å². The van der Waals surface area contributed by atoms with Crippen molar-refractivity contribution >= 4 is 50.5 Å². The van der Waals surface area contributed by atoms with Crippen LogP contribution in [0.4, 0.5) is 0 Å². The van der Waals surface area contributed by atoms with E-state index in [1.807, 2.05) is 17.5 Å². The fourth-order valence-electron chi connectivity index (χ4n) is 3.08. The first-order chi connectivity index (χ1) is 12.9. The van der Waals surface area contributed by atoms with Crippen LogP contribution in [0.2, 0.25) is 10.0 Å². The molecule has 1 aliphatic rings. The number of nitrogens with zero attached hydrogens (tertiary/aromatic N) is 1. The normalized spacial score (nSPS) is 16.4. The number of halogens is 2. The van der Waals surface area contributed by atoms with Gasteiger partial charge in [0.15, 0.2) is 0 Å². The molecule has 2 aromatic rings. The van der Waals surface area contributed by atoms with Gasteiger partial charge in [0.25, 0.3) is 0 Å². The van der Waals surface area contributed by atoms with Crippen LogP contribution in [0.5, 0.6) is 0 Å². The number of carbonyl (C=O) groups is 1. The Morgan fingerprint density at radius 2 is 1.96 bits per heavy atom. The van der Waals surface area contributed by atoms with Gasteiger partial charge in [-0.1, -0.05) is 29.3 Å². The molecule has 0 bridgehead atoms. The van der Waals surface area contributed by atoms with Crippen LogP contribution >= 0.6 is 34.5 Å². The number of hydrogen-bond acceptors (Lipinski definition) is 4. The summed E-state index contributed by atoms with van der Waals surface area (Å²) in [6, 6.07) is 8.42. The lowest BCUT2D eigenvalue weighted by Gasteiger charge is -2.30. The van der Waals surface area contributed by atoms with Crippen LogP contribution < -0.4 is 5.32 Å². The Bertz CT molecular complexity index is 893. The molecule has 146 valence electrons. The third kappa shape index (κ3) is 5.03. The number of carbonyl (C=O) groups excluding carboxylic acids is 1. The van der Waals surface area contributed by atoms with Crippen molar-refractivity contribution in [1.82, 2.24) is 9.62 Å². The van der Waals surface area contributed by atoms with Crippen molar-refractivity contribution in [2.45, 2.75) is 24.2 Å². The quantitative estimate of drug-likeness (QED) is 0.733. The minimum Gasteiger partial charge on any atom is -0.355 e. The summed E-state index contributed by atoms with van der Waals surface area (Å²) in [7, 11) is -3.72. The van der Waals surface area contributed by atoms with Gasteiger partial charge in [0.1, 0.15) is 4.90 Å². The molecule has 1 aromatic heterocycles. The topological polar surface area (TPSA) is 66.5 Å². The molecule has 1 aliphatic heterocycles. The van der Waals surface area contributed by atoms with Crippen LogP contribution in [0.3, 0.4) is 0 Å². The highest BCUT2D eigenvalue weighted by atomic mass is 35.5. The molecule has 1 N–H and O–H groups in total. The summed E-state index contributed by atoms with van der Waals surface area (Å²) in [4.78, 5) is 13.6. The van der Waals surface area contributed by atoms with E-state index in [1.165, 1.54) is 21.3 Å². The van der Waals surface area contributed by atoms with Gasteiger partial charge in [-0.25, -0.2) is 8.42 Å². The van der Waals surface area contributed by atoms with Gasteiger partial charge in [-0.2, -0.15) is 4.31 Å². The smallest absolute Gasteiger partial charge is 0.244 e. The number of thiophene rings is 1. The molecule has 9 heteroatoms. The number of sulfonamides is 1. The number of nitrogens with one attached hydrogen (secondary N) is 1. The first-order valence-corrected chi connectivity index (χ1v) is 11.7. The maximum absolute atomic E-state index is 12.8. The second-order valence-electron chi connectivity index (χ2n) is 6.37. The van der Waals surface area contributed by atoms with E-state index in [2.05, 4.69) is 5.32 Å². The molecule has 1 amide bonds. The standard InChI is InChI=1S/C18H20Cl2N2O3S2/c19-14-3-4-16(20)17(12-14)27(24,25)22-9-6-13(7-10-22)18(23)21-8-5-15-2-1-11-26-15/h1-4,11-13H,5-10H2,(H,21,23). The second-order valence-corrected chi connectivity index (χ2v) is 10.2. The van der Waals surface area contributed by atoms with E-state index in [0.29, 0.717) is 24.4 Å². The molecule has 1 aromatic carbocycles. The van der Waals surface area contributed by atoms with E-state index in [0.717, 1.165) is 6.42 Å². The summed E-state index contributed by atoms with van der Waals surface area (Å²) < 4.78 is 27.0. The number of benzene rings is 1. The predicted octanol–water partition coefficient (Wildman–Crippen LogP) is 3.81. The van der Waals surface area contributed by atoms with Gasteiger partial charge in [-0.05, 0) is 48.9 Å². The van der Waals surface area contributed by atoms with Crippen molar-refractivity contribution in [3.8, 4) is 0 Å². The third-order valence-electron chi connectivity index (χ3n) is 4.59. The summed E-state index contributed by atoms with van der Waals surface area (Å²) in [5.41, 5.74) is 0. The maximum Gasteiger partial charge on any atom is 0.244 e. The highest BCUT2D eigenvalue weighted by Gasteiger charge is 2.33. The SMILES string of the molecule is O=C(NCCc1cccs1)C1CCN(S(=O)(=O)c2cc(Cl)ccc2Cl)CC1. The Kier molecular flexibility index (Phi) is 6.81. The fourth-order valence-corrected chi connectivity index (χ4v) is 6.00. The molecular formula is C18H20Cl2N2O3S2. The largest absolute Gasteiger partial charge is 0.355 e. The van der Waals surface area contributed by atoms with Crippen LogP contribution in [0.15, 0.2) is 40.6 Å². The van der Waals surface area contributed by atoms with E-state index in [4.69, 9.17) is 23.2 Å². The number of rotatable bonds is 6. The fraction of sp³-hybridized carbons (Fsp3) is 0.389. The lowest BCUT2D eigenvalue weighted by Crippen LogP contribution is -2.43. The molecule has 5 nitrogen and oxygen atoms in total. The minimum atomic E-state index is -3.72. The van der Waals surface area contributed by atoms with Crippen molar-refractivity contribution in [3.63, 3.8) is 0 Å². The number of hydrogen-bond donors (Lipinski definition) is 1. The molecule has 0 unspecified atom stereocenters. The first-order valence-electron chi connectivity index (χ1n) is 8.63. The Balaban J connectivity index is 1.54. The molecular weight excluding hydrogens is 427 g/mol. The number of amides is 1. The first kappa shape index (κ1) is 20.6. The van der Waals surface area contributed by atoms with Crippen LogP contribution in [-0.2, 0) is 21.2 Å². The summed E-state index contributed by atoms with van der Waals surface area (Å²) in [5.74, 6) is -0.181. The summed E-state index contributed by atoms with van der Waals surface area (Å²) >= 11 is 13.6. The van der Waals surface area contributed by atoms with Crippen molar-refractivity contribution in [2.24, 2.45) is 5.92 Å². The average Bonchev–Trinajstić information content (AvgIpc) is 3.17. The Morgan fingerprint density at radius 1 is 1.22 bits per heavy atom. The zero-order valence-corrected chi connectivity index (χ0v) is 17.7. The highest BCUT2D eigenvalue weighted by molar-refractivity contribution is 7.89. The monoisotopic (exact) mass is 446 g/mol. The Labute approximate surface area is 173 Å². The second kappa shape index (κ2) is 8.92. The third-order valence-corrected chi connectivity index (χ3v) is 8.14. The molecule has 3 rings (SSSR count). The van der Waals surface area contributed by atoms with Gasteiger partial charge in [0.05, 0.1) is 5.02 Å². The number of piperidine rings is 1. The lowest BCUT2D eigenvalue weighted by atomic mass is 9.97. The van der Waals surface area contributed by atoms with Crippen LogP contribution in [0, 0.1) is 5.92 Å². The predicted molar refractivity (Wildman–Crippen MR) is 109 cm³/mol. The van der Waals surface area contributed by atoms with Gasteiger partial charge in [0, 0.05) is 35.5 Å². The minimum absolute atomic E-state index is 0.00974. The van der Waals surface area contributed by atoms with E-state index in [1.54, 1.807) is 17.4 Å². The Morgan fingerprint density at radius 3 is 2.63 bits per heavy atom. The zero-order valence-electron chi connectivity index (χ0n) is 14.5. The maximum atomic E-state index is 12.8. The molecule has 0 atom stereocenters. The van der Waals surface area contributed by atoms with Crippen LogP contribution in [0.25, 0.3) is 0 Å². The summed E-state index contributed by atoms with van der Waals surface area (Å²) in [5, 5.41) is 5.43. The average molecular weight is 447 g/mol. The van der Waals surface area contributed by atoms with Crippen LogP contribution in [0.1, 0.15) is 17.7 Å². The van der Waals surface area contributed by atoms with Crippen LogP contribution in [-0.4, -0.2) is 38.3 Å². The molecule has 0 aliphatic carbocycles. The Hall–Kier alpha value is -1.12. The van der Waals surface area contributed by atoms with Crippen molar-refractivity contribution < 1.29 is 13.2 Å². The van der Waals surface area contributed by atoms with E-state index < -0.39 is 10.0 Å². The van der Waals surface area contributed by atoms with E-state index in [9.17, 15) is 13.2 Å². The van der Waals surface area contributed by atoms with Gasteiger partial charge in [-0.3, -0.25) is 4.79 Å². The zero-order chi connectivity index (χ0) is 19.4. The molecule has 1 fully saturated rings. The van der Waals surface area contributed by atoms with E-state index in [-0.39, 0.29) is 34.8 Å². The molecule has 0 saturated carbocycles. The highest BCUT2D eigenvalue weighted by Crippen LogP contribution is 2.30. The van der Waals surface area contributed by atoms with Gasteiger partial charge >= 0.3 is 0 Å². The molecule has 27 heavy (non-hydrogen) atoms.